The van der Waals surface area contributed by atoms with E-state index in [0.29, 0.717) is 50.8 Å². The Labute approximate surface area is 231 Å². The molecule has 3 aromatic rings. The van der Waals surface area contributed by atoms with Gasteiger partial charge in [-0.3, -0.25) is 0 Å². The summed E-state index contributed by atoms with van der Waals surface area (Å²) in [5, 5.41) is 12.2. The van der Waals surface area contributed by atoms with Crippen molar-refractivity contribution in [3.05, 3.63) is 88.9 Å². The van der Waals surface area contributed by atoms with E-state index in [-0.39, 0.29) is 12.5 Å². The zero-order chi connectivity index (χ0) is 27.2. The lowest BCUT2D eigenvalue weighted by Gasteiger charge is -2.23. The number of nitrogens with one attached hydrogen (secondary N) is 1. The van der Waals surface area contributed by atoms with Crippen LogP contribution >= 0.6 is 15.9 Å². The molecule has 0 saturated heterocycles. The van der Waals surface area contributed by atoms with Gasteiger partial charge in [0.25, 0.3) is 0 Å². The smallest absolute Gasteiger partial charge is 0.333 e. The van der Waals surface area contributed by atoms with Gasteiger partial charge in [0, 0.05) is 29.7 Å². The number of aliphatic carboxylic acids is 1. The number of rotatable bonds is 15. The molecule has 8 nitrogen and oxygen atoms in total. The van der Waals surface area contributed by atoms with Gasteiger partial charge in [0.2, 0.25) is 0 Å². The van der Waals surface area contributed by atoms with E-state index in [9.17, 15) is 14.7 Å². The number of para-hydroxylation sites is 1. The lowest BCUT2D eigenvalue weighted by atomic mass is 10.1. The second-order valence-electron chi connectivity index (χ2n) is 8.42. The van der Waals surface area contributed by atoms with Crippen LogP contribution in [0.1, 0.15) is 18.9 Å². The minimum Gasteiger partial charge on any atom is -0.494 e. The van der Waals surface area contributed by atoms with E-state index >= 15 is 0 Å². The molecular formula is C29H33BrN2O6. The van der Waals surface area contributed by atoms with Crippen LogP contribution in [0, 0.1) is 0 Å². The summed E-state index contributed by atoms with van der Waals surface area (Å²) in [4.78, 5) is 26.0. The van der Waals surface area contributed by atoms with Crippen LogP contribution in [0.5, 0.6) is 11.5 Å². The summed E-state index contributed by atoms with van der Waals surface area (Å²) in [6, 6.07) is 24.0. The van der Waals surface area contributed by atoms with Crippen molar-refractivity contribution in [3.8, 4) is 11.5 Å². The monoisotopic (exact) mass is 584 g/mol. The molecule has 202 valence electrons. The lowest BCUT2D eigenvalue weighted by molar-refractivity contribution is -0.149. The van der Waals surface area contributed by atoms with Gasteiger partial charge in [-0.15, -0.1) is 0 Å². The van der Waals surface area contributed by atoms with E-state index < -0.39 is 12.1 Å². The van der Waals surface area contributed by atoms with Crippen LogP contribution in [0.4, 0.5) is 10.5 Å². The summed E-state index contributed by atoms with van der Waals surface area (Å²) in [5.41, 5.74) is 1.54. The predicted molar refractivity (Wildman–Crippen MR) is 150 cm³/mol. The van der Waals surface area contributed by atoms with Crippen molar-refractivity contribution < 1.29 is 28.9 Å². The number of hydrogen-bond donors (Lipinski definition) is 2. The number of urea groups is 1. The Morgan fingerprint density at radius 1 is 0.895 bits per heavy atom. The highest BCUT2D eigenvalue weighted by atomic mass is 79.9. The average Bonchev–Trinajstić information content (AvgIpc) is 2.92. The average molecular weight is 585 g/mol. The highest BCUT2D eigenvalue weighted by molar-refractivity contribution is 9.10. The fourth-order valence-corrected chi connectivity index (χ4v) is 3.91. The van der Waals surface area contributed by atoms with Gasteiger partial charge in [-0.2, -0.15) is 0 Å². The molecule has 0 fully saturated rings. The number of amides is 2. The zero-order valence-electron chi connectivity index (χ0n) is 21.3. The Bertz CT molecular complexity index is 1130. The zero-order valence-corrected chi connectivity index (χ0v) is 22.9. The summed E-state index contributed by atoms with van der Waals surface area (Å²) in [7, 11) is 0. The number of anilines is 1. The molecule has 1 unspecified atom stereocenters. The first-order valence-electron chi connectivity index (χ1n) is 12.5. The first-order valence-corrected chi connectivity index (χ1v) is 13.3. The molecule has 0 aromatic heterocycles. The summed E-state index contributed by atoms with van der Waals surface area (Å²) in [6.45, 7) is 3.75. The molecule has 0 radical (unpaired) electrons. The van der Waals surface area contributed by atoms with Crippen molar-refractivity contribution in [3.63, 3.8) is 0 Å². The molecule has 2 N–H and O–H groups in total. The second-order valence-corrected chi connectivity index (χ2v) is 9.33. The topological polar surface area (TPSA) is 97.3 Å². The van der Waals surface area contributed by atoms with Crippen LogP contribution in [0.3, 0.4) is 0 Å². The number of carboxylic acids is 1. The summed E-state index contributed by atoms with van der Waals surface area (Å²) >= 11 is 3.40. The molecule has 0 bridgehead atoms. The number of halogens is 1. The number of nitrogens with zero attached hydrogens (tertiary/aromatic N) is 1. The van der Waals surface area contributed by atoms with Crippen molar-refractivity contribution in [1.82, 2.24) is 4.90 Å². The van der Waals surface area contributed by atoms with Gasteiger partial charge in [0.1, 0.15) is 18.1 Å². The number of ether oxygens (including phenoxy) is 3. The standard InChI is InChI=1S/C29H33BrN2O6/c1-2-36-27(28(33)34)21-22-9-15-26(16-10-22)38-20-18-32(17-6-19-37-25-7-4-3-5-8-25)29(35)31-24-13-11-23(30)12-14-24/h3-5,7-16,27H,2,6,17-21H2,1H3,(H,31,35)(H,33,34). The summed E-state index contributed by atoms with van der Waals surface area (Å²) in [5.74, 6) is 0.446. The maximum absolute atomic E-state index is 13.0. The molecule has 2 amide bonds. The Kier molecular flexibility index (Phi) is 11.9. The van der Waals surface area contributed by atoms with Crippen LogP contribution < -0.4 is 14.8 Å². The Hall–Kier alpha value is -3.56. The third-order valence-corrected chi connectivity index (χ3v) is 6.11. The van der Waals surface area contributed by atoms with Gasteiger partial charge < -0.3 is 29.5 Å². The Morgan fingerprint density at radius 2 is 1.55 bits per heavy atom. The van der Waals surface area contributed by atoms with Crippen molar-refractivity contribution in [2.45, 2.75) is 25.9 Å². The third-order valence-electron chi connectivity index (χ3n) is 5.58. The summed E-state index contributed by atoms with van der Waals surface area (Å²) in [6.07, 6.45) is 0.0518. The molecule has 1 atom stereocenters. The van der Waals surface area contributed by atoms with Gasteiger partial charge in [-0.05, 0) is 67.4 Å². The highest BCUT2D eigenvalue weighted by Crippen LogP contribution is 2.17. The van der Waals surface area contributed by atoms with Crippen molar-refractivity contribution in [2.24, 2.45) is 0 Å². The molecule has 3 rings (SSSR count). The molecule has 0 saturated carbocycles. The first-order chi connectivity index (χ1) is 18.4. The first kappa shape index (κ1) is 29.0. The van der Waals surface area contributed by atoms with Crippen molar-refractivity contribution >= 4 is 33.6 Å². The molecule has 0 aliphatic carbocycles. The molecule has 38 heavy (non-hydrogen) atoms. The third kappa shape index (κ3) is 10.1. The Balaban J connectivity index is 1.53. The molecule has 9 heteroatoms. The molecule has 0 spiro atoms. The largest absolute Gasteiger partial charge is 0.494 e. The lowest BCUT2D eigenvalue weighted by Crippen LogP contribution is -2.39. The van der Waals surface area contributed by atoms with Crippen molar-refractivity contribution in [2.75, 3.05) is 38.2 Å². The van der Waals surface area contributed by atoms with Gasteiger partial charge in [0.05, 0.1) is 13.2 Å². The van der Waals surface area contributed by atoms with Crippen LogP contribution in [-0.4, -0.2) is 61.0 Å². The maximum atomic E-state index is 13.0. The van der Waals surface area contributed by atoms with E-state index in [2.05, 4.69) is 21.2 Å². The number of carbonyl (C=O) groups is 2. The van der Waals surface area contributed by atoms with Crippen molar-refractivity contribution in [1.29, 1.82) is 0 Å². The fourth-order valence-electron chi connectivity index (χ4n) is 3.64. The minimum atomic E-state index is -0.983. The second kappa shape index (κ2) is 15.6. The SMILES string of the molecule is CCOC(Cc1ccc(OCCN(CCCOc2ccccc2)C(=O)Nc2ccc(Br)cc2)cc1)C(=O)O. The van der Waals surface area contributed by atoms with Gasteiger partial charge in [-0.25, -0.2) is 9.59 Å². The van der Waals surface area contributed by atoms with Crippen LogP contribution in [0.25, 0.3) is 0 Å². The van der Waals surface area contributed by atoms with Gasteiger partial charge in [-0.1, -0.05) is 46.3 Å². The quantitative estimate of drug-likeness (QED) is 0.217. The van der Waals surface area contributed by atoms with Crippen LogP contribution in [0.2, 0.25) is 0 Å². The predicted octanol–water partition coefficient (Wildman–Crippen LogP) is 5.86. The maximum Gasteiger partial charge on any atom is 0.333 e. The highest BCUT2D eigenvalue weighted by Gasteiger charge is 2.18. The molecule has 0 aliphatic heterocycles. The minimum absolute atomic E-state index is 0.221. The number of hydrogen-bond acceptors (Lipinski definition) is 5. The van der Waals surface area contributed by atoms with Gasteiger partial charge >= 0.3 is 12.0 Å². The molecule has 0 heterocycles. The number of carbonyl (C=O) groups excluding carboxylic acids is 1. The summed E-state index contributed by atoms with van der Waals surface area (Å²) < 4.78 is 17.9. The normalized spacial score (nSPS) is 11.4. The Morgan fingerprint density at radius 3 is 2.21 bits per heavy atom. The van der Waals surface area contributed by atoms with E-state index in [1.165, 1.54) is 0 Å². The molecule has 3 aromatic carbocycles. The molecular weight excluding hydrogens is 552 g/mol. The number of benzene rings is 3. The van der Waals surface area contributed by atoms with Gasteiger partial charge in [0.15, 0.2) is 6.10 Å². The fraction of sp³-hybridized carbons (Fsp3) is 0.310. The van der Waals surface area contributed by atoms with E-state index in [1.807, 2.05) is 66.7 Å². The molecule has 0 aliphatic rings. The van der Waals surface area contributed by atoms with Crippen LogP contribution in [0.15, 0.2) is 83.3 Å². The van der Waals surface area contributed by atoms with Crippen LogP contribution in [-0.2, 0) is 16.0 Å². The number of carboxylic acid groups (broad SMARTS) is 1. The van der Waals surface area contributed by atoms with E-state index in [0.717, 1.165) is 15.8 Å². The van der Waals surface area contributed by atoms with E-state index in [1.54, 1.807) is 24.0 Å². The van der Waals surface area contributed by atoms with E-state index in [4.69, 9.17) is 14.2 Å².